The number of carbonyl (C=O) groups is 2. The minimum Gasteiger partial charge on any atom is -0.444 e. The van der Waals surface area contributed by atoms with Gasteiger partial charge in [0.25, 0.3) is 0 Å². The van der Waals surface area contributed by atoms with Gasteiger partial charge in [0, 0.05) is 12.1 Å². The minimum atomic E-state index is -1.03. The molecule has 1 rings (SSSR count). The van der Waals surface area contributed by atoms with Crippen molar-refractivity contribution in [2.75, 3.05) is 6.54 Å². The second-order valence-corrected chi connectivity index (χ2v) is 8.31. The zero-order valence-electron chi connectivity index (χ0n) is 16.8. The number of rotatable bonds is 6. The highest BCUT2D eigenvalue weighted by Crippen LogP contribution is 2.25. The van der Waals surface area contributed by atoms with Gasteiger partial charge in [0.2, 0.25) is 5.91 Å². The molecule has 0 aromatic heterocycles. The average Bonchev–Trinajstić information content (AvgIpc) is 2.49. The Bertz CT molecular complexity index is 636. The molecule has 0 heterocycles. The van der Waals surface area contributed by atoms with E-state index in [0.29, 0.717) is 5.56 Å². The van der Waals surface area contributed by atoms with Crippen molar-refractivity contribution in [2.45, 2.75) is 65.5 Å². The van der Waals surface area contributed by atoms with Crippen molar-refractivity contribution in [3.05, 3.63) is 35.6 Å². The van der Waals surface area contributed by atoms with Gasteiger partial charge in [0.1, 0.15) is 11.4 Å². The van der Waals surface area contributed by atoms with Crippen LogP contribution in [0.1, 0.15) is 54.0 Å². The van der Waals surface area contributed by atoms with Crippen LogP contribution in [0.15, 0.2) is 24.3 Å². The Hall–Kier alpha value is -2.11. The van der Waals surface area contributed by atoms with Gasteiger partial charge < -0.3 is 15.4 Å². The molecule has 6 heteroatoms. The van der Waals surface area contributed by atoms with Crippen molar-refractivity contribution in [1.82, 2.24) is 10.6 Å². The maximum Gasteiger partial charge on any atom is 0.407 e. The van der Waals surface area contributed by atoms with Gasteiger partial charge in [0.05, 0.1) is 11.5 Å². The van der Waals surface area contributed by atoms with E-state index in [2.05, 4.69) is 10.6 Å². The van der Waals surface area contributed by atoms with Gasteiger partial charge in [-0.2, -0.15) is 0 Å². The summed E-state index contributed by atoms with van der Waals surface area (Å²) in [6.45, 7) is 12.8. The van der Waals surface area contributed by atoms with Crippen molar-refractivity contribution < 1.29 is 18.7 Å². The molecule has 0 aliphatic carbocycles. The molecule has 2 amide bonds. The minimum absolute atomic E-state index is 0.0828. The quantitative estimate of drug-likeness (QED) is 0.805. The largest absolute Gasteiger partial charge is 0.444 e. The SMILES string of the molecule is CC(C)C(CNC(=O)C(C)(C)c1ccccc1F)NC(=O)OC(C)(C)C. The molecular formula is C20H31FN2O3. The van der Waals surface area contributed by atoms with Crippen LogP contribution in [0.5, 0.6) is 0 Å². The van der Waals surface area contributed by atoms with Gasteiger partial charge in [-0.15, -0.1) is 0 Å². The highest BCUT2D eigenvalue weighted by molar-refractivity contribution is 5.87. The number of hydrogen-bond donors (Lipinski definition) is 2. The molecule has 26 heavy (non-hydrogen) atoms. The third-order valence-corrected chi connectivity index (χ3v) is 4.10. The molecule has 0 saturated heterocycles. The predicted octanol–water partition coefficient (Wildman–Crippen LogP) is 3.77. The first kappa shape index (κ1) is 21.9. The smallest absolute Gasteiger partial charge is 0.407 e. The summed E-state index contributed by atoms with van der Waals surface area (Å²) in [5, 5.41) is 5.60. The molecule has 1 atom stereocenters. The topological polar surface area (TPSA) is 67.4 Å². The monoisotopic (exact) mass is 366 g/mol. The molecule has 0 spiro atoms. The molecule has 0 fully saturated rings. The molecular weight excluding hydrogens is 335 g/mol. The standard InChI is InChI=1S/C20H31FN2O3/c1-13(2)16(23-18(25)26-19(3,4)5)12-22-17(24)20(6,7)14-10-8-9-11-15(14)21/h8-11,13,16H,12H2,1-7H3,(H,22,24)(H,23,25). The summed E-state index contributed by atoms with van der Waals surface area (Å²) in [5.41, 5.74) is -1.29. The van der Waals surface area contributed by atoms with Crippen molar-refractivity contribution in [3.63, 3.8) is 0 Å². The Labute approximate surface area is 155 Å². The van der Waals surface area contributed by atoms with Crippen molar-refractivity contribution in [3.8, 4) is 0 Å². The second kappa shape index (κ2) is 8.52. The Kier molecular flexibility index (Phi) is 7.18. The van der Waals surface area contributed by atoms with Crippen LogP contribution >= 0.6 is 0 Å². The van der Waals surface area contributed by atoms with Crippen molar-refractivity contribution >= 4 is 12.0 Å². The lowest BCUT2D eigenvalue weighted by molar-refractivity contribution is -0.125. The molecule has 0 bridgehead atoms. The number of ether oxygens (including phenoxy) is 1. The number of hydrogen-bond acceptors (Lipinski definition) is 3. The van der Waals surface area contributed by atoms with Gasteiger partial charge in [-0.05, 0) is 46.6 Å². The number of nitrogens with one attached hydrogen (secondary N) is 2. The second-order valence-electron chi connectivity index (χ2n) is 8.31. The maximum absolute atomic E-state index is 14.0. The van der Waals surface area contributed by atoms with Gasteiger partial charge in [-0.1, -0.05) is 32.0 Å². The molecule has 1 aromatic rings. The van der Waals surface area contributed by atoms with Crippen LogP contribution < -0.4 is 10.6 Å². The lowest BCUT2D eigenvalue weighted by Gasteiger charge is -2.29. The first-order valence-electron chi connectivity index (χ1n) is 8.87. The van der Waals surface area contributed by atoms with E-state index in [4.69, 9.17) is 4.74 Å². The third-order valence-electron chi connectivity index (χ3n) is 4.10. The lowest BCUT2D eigenvalue weighted by atomic mass is 9.83. The molecule has 5 nitrogen and oxygen atoms in total. The Morgan fingerprint density at radius 2 is 1.69 bits per heavy atom. The number of benzene rings is 1. The summed E-state index contributed by atoms with van der Waals surface area (Å²) >= 11 is 0. The fourth-order valence-corrected chi connectivity index (χ4v) is 2.43. The molecule has 2 N–H and O–H groups in total. The summed E-state index contributed by atoms with van der Waals surface area (Å²) < 4.78 is 19.3. The Balaban J connectivity index is 2.75. The number of halogens is 1. The van der Waals surface area contributed by atoms with Crippen LogP contribution in [0, 0.1) is 11.7 Å². The van der Waals surface area contributed by atoms with E-state index < -0.39 is 22.9 Å². The van der Waals surface area contributed by atoms with E-state index in [1.807, 2.05) is 13.8 Å². The molecule has 0 saturated carbocycles. The first-order valence-corrected chi connectivity index (χ1v) is 8.87. The Morgan fingerprint density at radius 1 is 1.12 bits per heavy atom. The summed E-state index contributed by atoms with van der Waals surface area (Å²) in [7, 11) is 0. The molecule has 1 aromatic carbocycles. The van der Waals surface area contributed by atoms with Crippen LogP contribution in [0.4, 0.5) is 9.18 Å². The molecule has 0 radical (unpaired) electrons. The lowest BCUT2D eigenvalue weighted by Crippen LogP contribution is -2.50. The fourth-order valence-electron chi connectivity index (χ4n) is 2.43. The Morgan fingerprint density at radius 3 is 2.19 bits per heavy atom. The van der Waals surface area contributed by atoms with Gasteiger partial charge >= 0.3 is 6.09 Å². The first-order chi connectivity index (χ1) is 11.8. The van der Waals surface area contributed by atoms with E-state index in [-0.39, 0.29) is 24.4 Å². The number of carbonyl (C=O) groups excluding carboxylic acids is 2. The predicted molar refractivity (Wildman–Crippen MR) is 100 cm³/mol. The molecule has 146 valence electrons. The van der Waals surface area contributed by atoms with Crippen LogP contribution in [0.3, 0.4) is 0 Å². The van der Waals surface area contributed by atoms with Gasteiger partial charge in [0.15, 0.2) is 0 Å². The third kappa shape index (κ3) is 6.32. The van der Waals surface area contributed by atoms with Crippen LogP contribution in [0.2, 0.25) is 0 Å². The van der Waals surface area contributed by atoms with E-state index in [0.717, 1.165) is 0 Å². The van der Waals surface area contributed by atoms with Crippen LogP contribution in [0.25, 0.3) is 0 Å². The molecule has 0 aliphatic heterocycles. The summed E-state index contributed by atoms with van der Waals surface area (Å²) in [4.78, 5) is 24.6. The van der Waals surface area contributed by atoms with Gasteiger partial charge in [-0.3, -0.25) is 4.79 Å². The summed E-state index contributed by atoms with van der Waals surface area (Å²) in [5.74, 6) is -0.640. The molecule has 1 unspecified atom stereocenters. The zero-order chi connectivity index (χ0) is 20.1. The van der Waals surface area contributed by atoms with Crippen LogP contribution in [-0.2, 0) is 14.9 Å². The van der Waals surface area contributed by atoms with Crippen molar-refractivity contribution in [2.24, 2.45) is 5.92 Å². The maximum atomic E-state index is 14.0. The highest BCUT2D eigenvalue weighted by Gasteiger charge is 2.33. The fraction of sp³-hybridized carbons (Fsp3) is 0.600. The molecule has 0 aliphatic rings. The number of amides is 2. The van der Waals surface area contributed by atoms with Gasteiger partial charge in [-0.25, -0.2) is 9.18 Å². The van der Waals surface area contributed by atoms with Crippen LogP contribution in [-0.4, -0.2) is 30.2 Å². The van der Waals surface area contributed by atoms with Crippen molar-refractivity contribution in [1.29, 1.82) is 0 Å². The van der Waals surface area contributed by atoms with E-state index in [1.54, 1.807) is 52.8 Å². The normalized spacial score (nSPS) is 13.3. The van der Waals surface area contributed by atoms with E-state index >= 15 is 0 Å². The zero-order valence-corrected chi connectivity index (χ0v) is 16.8. The summed E-state index contributed by atoms with van der Waals surface area (Å²) in [6.07, 6.45) is -0.529. The van der Waals surface area contributed by atoms with E-state index in [9.17, 15) is 14.0 Å². The average molecular weight is 366 g/mol. The van der Waals surface area contributed by atoms with E-state index in [1.165, 1.54) is 6.07 Å². The number of alkyl carbamates (subject to hydrolysis) is 1. The highest BCUT2D eigenvalue weighted by atomic mass is 19.1. The summed E-state index contributed by atoms with van der Waals surface area (Å²) in [6, 6.07) is 5.94.